The summed E-state index contributed by atoms with van der Waals surface area (Å²) in [4.78, 5) is 11.2. The van der Waals surface area contributed by atoms with Crippen LogP contribution in [0.4, 0.5) is 0 Å². The van der Waals surface area contributed by atoms with Gasteiger partial charge in [-0.15, -0.1) is 0 Å². The first-order valence-electron chi connectivity index (χ1n) is 3.87. The average Bonchev–Trinajstić information content (AvgIpc) is 2.50. The average molecular weight is 242 g/mol. The number of fused-ring (bicyclic) bond motifs is 1. The van der Waals surface area contributed by atoms with Crippen LogP contribution in [0.15, 0.2) is 16.6 Å². The highest BCUT2D eigenvalue weighted by Gasteiger charge is 2.22. The maximum absolute atomic E-state index is 11.2. The normalized spacial score (nSPS) is 13.8. The third kappa shape index (κ3) is 1.21. The van der Waals surface area contributed by atoms with Crippen LogP contribution in [-0.4, -0.2) is 13.0 Å². The molecule has 1 N–H and O–H groups in total. The molecular formula is C9H8BrNO2. The van der Waals surface area contributed by atoms with E-state index in [2.05, 4.69) is 21.2 Å². The second-order valence-corrected chi connectivity index (χ2v) is 3.58. The summed E-state index contributed by atoms with van der Waals surface area (Å²) in [5, 5.41) is 2.75. The summed E-state index contributed by atoms with van der Waals surface area (Å²) < 4.78 is 5.99. The lowest BCUT2D eigenvalue weighted by molar-refractivity contribution is 0.0966. The van der Waals surface area contributed by atoms with Gasteiger partial charge in [0.15, 0.2) is 0 Å². The Morgan fingerprint density at radius 1 is 1.54 bits per heavy atom. The predicted molar refractivity (Wildman–Crippen MR) is 51.9 cm³/mol. The number of carbonyl (C=O) groups excluding carboxylic acids is 1. The lowest BCUT2D eigenvalue weighted by atomic mass is 10.1. The molecule has 0 aromatic heterocycles. The monoisotopic (exact) mass is 241 g/mol. The van der Waals surface area contributed by atoms with Crippen molar-refractivity contribution in [2.24, 2.45) is 0 Å². The van der Waals surface area contributed by atoms with Gasteiger partial charge in [-0.3, -0.25) is 4.79 Å². The summed E-state index contributed by atoms with van der Waals surface area (Å²) in [6.45, 7) is 0.575. The Bertz CT molecular complexity index is 376. The molecule has 3 nitrogen and oxygen atoms in total. The summed E-state index contributed by atoms with van der Waals surface area (Å²) in [5.74, 6) is 0.744. The number of methoxy groups -OCH3 is 1. The standard InChI is InChI=1S/C9H8BrNO2/c1-13-7-3-2-5-6(8(7)10)4-11-9(5)12/h2-3H,4H2,1H3,(H,11,12). The minimum absolute atomic E-state index is 0.0154. The lowest BCUT2D eigenvalue weighted by Gasteiger charge is -2.05. The van der Waals surface area contributed by atoms with Crippen LogP contribution in [0.3, 0.4) is 0 Å². The van der Waals surface area contributed by atoms with E-state index < -0.39 is 0 Å². The number of amides is 1. The number of ether oxygens (including phenoxy) is 1. The summed E-state index contributed by atoms with van der Waals surface area (Å²) in [7, 11) is 1.61. The number of halogens is 1. The second-order valence-electron chi connectivity index (χ2n) is 2.79. The summed E-state index contributed by atoms with van der Waals surface area (Å²) in [5.41, 5.74) is 1.71. The molecule has 0 fully saturated rings. The molecule has 1 amide bonds. The molecule has 0 spiro atoms. The van der Waals surface area contributed by atoms with Gasteiger partial charge in [0, 0.05) is 17.7 Å². The Kier molecular flexibility index (Phi) is 2.00. The van der Waals surface area contributed by atoms with Crippen LogP contribution >= 0.6 is 15.9 Å². The number of nitrogens with one attached hydrogen (secondary N) is 1. The smallest absolute Gasteiger partial charge is 0.251 e. The van der Waals surface area contributed by atoms with Gasteiger partial charge in [0.25, 0.3) is 5.91 Å². The van der Waals surface area contributed by atoms with Gasteiger partial charge in [0.1, 0.15) is 5.75 Å². The molecule has 0 atom stereocenters. The lowest BCUT2D eigenvalue weighted by Crippen LogP contribution is -2.12. The van der Waals surface area contributed by atoms with Gasteiger partial charge in [-0.05, 0) is 28.1 Å². The number of rotatable bonds is 1. The van der Waals surface area contributed by atoms with Crippen molar-refractivity contribution in [3.63, 3.8) is 0 Å². The molecule has 2 rings (SSSR count). The Balaban J connectivity index is 2.60. The molecule has 1 aliphatic rings. The van der Waals surface area contributed by atoms with Crippen molar-refractivity contribution in [2.75, 3.05) is 7.11 Å². The third-order valence-corrected chi connectivity index (χ3v) is 2.97. The van der Waals surface area contributed by atoms with E-state index in [-0.39, 0.29) is 5.91 Å². The molecule has 0 aliphatic carbocycles. The van der Waals surface area contributed by atoms with E-state index in [1.165, 1.54) is 0 Å². The zero-order chi connectivity index (χ0) is 9.42. The van der Waals surface area contributed by atoms with Gasteiger partial charge in [-0.1, -0.05) is 0 Å². The van der Waals surface area contributed by atoms with Gasteiger partial charge < -0.3 is 10.1 Å². The fraction of sp³-hybridized carbons (Fsp3) is 0.222. The molecule has 0 radical (unpaired) electrons. The number of hydrogen-bond donors (Lipinski definition) is 1. The fourth-order valence-corrected chi connectivity index (χ4v) is 2.05. The maximum atomic E-state index is 11.2. The summed E-state index contributed by atoms with van der Waals surface area (Å²) in [6, 6.07) is 3.56. The number of carbonyl (C=O) groups is 1. The van der Waals surface area contributed by atoms with Crippen molar-refractivity contribution in [2.45, 2.75) is 6.54 Å². The van der Waals surface area contributed by atoms with Crippen molar-refractivity contribution in [3.8, 4) is 5.75 Å². The fourth-order valence-electron chi connectivity index (χ4n) is 1.41. The van der Waals surface area contributed by atoms with E-state index in [0.717, 1.165) is 21.3 Å². The Morgan fingerprint density at radius 3 is 3.00 bits per heavy atom. The molecule has 13 heavy (non-hydrogen) atoms. The Morgan fingerprint density at radius 2 is 2.31 bits per heavy atom. The van der Waals surface area contributed by atoms with Crippen molar-refractivity contribution < 1.29 is 9.53 Å². The van der Waals surface area contributed by atoms with Crippen LogP contribution in [-0.2, 0) is 6.54 Å². The van der Waals surface area contributed by atoms with Gasteiger partial charge in [-0.25, -0.2) is 0 Å². The number of hydrogen-bond acceptors (Lipinski definition) is 2. The minimum Gasteiger partial charge on any atom is -0.496 e. The van der Waals surface area contributed by atoms with Gasteiger partial charge in [0.2, 0.25) is 0 Å². The molecular weight excluding hydrogens is 234 g/mol. The summed E-state index contributed by atoms with van der Waals surface area (Å²) >= 11 is 3.40. The quantitative estimate of drug-likeness (QED) is 0.813. The zero-order valence-electron chi connectivity index (χ0n) is 7.06. The predicted octanol–water partition coefficient (Wildman–Crippen LogP) is 1.70. The van der Waals surface area contributed by atoms with Crippen LogP contribution in [0, 0.1) is 0 Å². The first-order chi connectivity index (χ1) is 6.24. The number of benzene rings is 1. The van der Waals surface area contributed by atoms with Crippen LogP contribution < -0.4 is 10.1 Å². The van der Waals surface area contributed by atoms with Crippen molar-refractivity contribution in [3.05, 3.63) is 27.7 Å². The molecule has 1 heterocycles. The molecule has 1 aromatic rings. The van der Waals surface area contributed by atoms with E-state index in [9.17, 15) is 4.79 Å². The van der Waals surface area contributed by atoms with Gasteiger partial charge in [-0.2, -0.15) is 0 Å². The third-order valence-electron chi connectivity index (χ3n) is 2.10. The van der Waals surface area contributed by atoms with Gasteiger partial charge in [0.05, 0.1) is 11.6 Å². The van der Waals surface area contributed by atoms with Crippen molar-refractivity contribution >= 4 is 21.8 Å². The van der Waals surface area contributed by atoms with E-state index in [0.29, 0.717) is 6.54 Å². The molecule has 0 bridgehead atoms. The summed E-state index contributed by atoms with van der Waals surface area (Å²) in [6.07, 6.45) is 0. The van der Waals surface area contributed by atoms with Crippen LogP contribution in [0.1, 0.15) is 15.9 Å². The molecule has 68 valence electrons. The van der Waals surface area contributed by atoms with Crippen LogP contribution in [0.5, 0.6) is 5.75 Å². The molecule has 1 aromatic carbocycles. The Hall–Kier alpha value is -1.03. The first-order valence-corrected chi connectivity index (χ1v) is 4.67. The van der Waals surface area contributed by atoms with E-state index >= 15 is 0 Å². The topological polar surface area (TPSA) is 38.3 Å². The molecule has 1 aliphatic heterocycles. The van der Waals surface area contributed by atoms with Crippen LogP contribution in [0.25, 0.3) is 0 Å². The SMILES string of the molecule is COc1ccc2c(c1Br)CNC2=O. The van der Waals surface area contributed by atoms with Gasteiger partial charge >= 0.3 is 0 Å². The first kappa shape index (κ1) is 8.56. The second kappa shape index (κ2) is 3.03. The van der Waals surface area contributed by atoms with Crippen molar-refractivity contribution in [1.29, 1.82) is 0 Å². The van der Waals surface area contributed by atoms with E-state index in [1.807, 2.05) is 0 Å². The Labute approximate surface area is 84.2 Å². The highest BCUT2D eigenvalue weighted by atomic mass is 79.9. The highest BCUT2D eigenvalue weighted by molar-refractivity contribution is 9.10. The minimum atomic E-state index is -0.0154. The largest absolute Gasteiger partial charge is 0.496 e. The van der Waals surface area contributed by atoms with Crippen LogP contribution in [0.2, 0.25) is 0 Å². The maximum Gasteiger partial charge on any atom is 0.251 e. The van der Waals surface area contributed by atoms with Crippen molar-refractivity contribution in [1.82, 2.24) is 5.32 Å². The van der Waals surface area contributed by atoms with E-state index in [1.54, 1.807) is 19.2 Å². The zero-order valence-corrected chi connectivity index (χ0v) is 8.64. The molecule has 0 saturated heterocycles. The highest BCUT2D eigenvalue weighted by Crippen LogP contribution is 2.33. The van der Waals surface area contributed by atoms with E-state index in [4.69, 9.17) is 4.74 Å². The molecule has 4 heteroatoms. The molecule has 0 unspecified atom stereocenters. The molecule has 0 saturated carbocycles.